The largest absolute Gasteiger partial charge is 0.405 e. The van der Waals surface area contributed by atoms with Crippen molar-refractivity contribution in [2.45, 2.75) is 38.0 Å². The van der Waals surface area contributed by atoms with Crippen molar-refractivity contribution in [3.8, 4) is 22.4 Å². The van der Waals surface area contributed by atoms with Crippen molar-refractivity contribution in [1.82, 2.24) is 25.2 Å². The number of nitrogens with zero attached hydrogens (tertiary/aromatic N) is 3. The van der Waals surface area contributed by atoms with Crippen LogP contribution in [0.2, 0.25) is 0 Å². The van der Waals surface area contributed by atoms with Gasteiger partial charge in [-0.15, -0.1) is 0 Å². The maximum absolute atomic E-state index is 12.6. The van der Waals surface area contributed by atoms with E-state index in [0.717, 1.165) is 36.1 Å². The maximum Gasteiger partial charge on any atom is 0.405 e. The number of carbonyl (C=O) groups is 2. The third-order valence-electron chi connectivity index (χ3n) is 6.89. The second-order valence-corrected chi connectivity index (χ2v) is 9.89. The number of carbonyl (C=O) groups excluding carboxylic acids is 2. The molecule has 2 atom stereocenters. The van der Waals surface area contributed by atoms with Gasteiger partial charge in [0.2, 0.25) is 5.91 Å². The third-order valence-corrected chi connectivity index (χ3v) is 6.89. The van der Waals surface area contributed by atoms with Crippen LogP contribution in [0.1, 0.15) is 31.2 Å². The molecule has 1 aliphatic heterocycles. The van der Waals surface area contributed by atoms with Crippen molar-refractivity contribution >= 4 is 23.3 Å². The number of halogens is 3. The van der Waals surface area contributed by atoms with E-state index in [1.54, 1.807) is 46.5 Å². The molecule has 2 aromatic carbocycles. The molecule has 0 radical (unpaired) electrons. The lowest BCUT2D eigenvalue weighted by atomic mass is 9.97. The van der Waals surface area contributed by atoms with E-state index in [0.29, 0.717) is 29.1 Å². The first-order valence-corrected chi connectivity index (χ1v) is 13.2. The van der Waals surface area contributed by atoms with Gasteiger partial charge in [0, 0.05) is 30.0 Å². The summed E-state index contributed by atoms with van der Waals surface area (Å²) in [5.41, 5.74) is 4.88. The van der Waals surface area contributed by atoms with Crippen LogP contribution in [0.5, 0.6) is 0 Å². The first-order valence-electron chi connectivity index (χ1n) is 13.2. The van der Waals surface area contributed by atoms with Crippen LogP contribution in [-0.4, -0.2) is 58.5 Å². The molecule has 4 aromatic rings. The SMILES string of the molecule is CC(C(=O)NCC1CCCO1)c1ccc(-c2cnn3c(-c4cccc(NC(=O)NCC(F)(F)F)c4)cnc3c2)cc1. The van der Waals surface area contributed by atoms with Crippen LogP contribution >= 0.6 is 0 Å². The summed E-state index contributed by atoms with van der Waals surface area (Å²) in [7, 11) is 0. The van der Waals surface area contributed by atoms with E-state index in [-0.39, 0.29) is 17.9 Å². The Kier molecular flexibility index (Phi) is 8.20. The van der Waals surface area contributed by atoms with Gasteiger partial charge >= 0.3 is 12.2 Å². The third kappa shape index (κ3) is 7.01. The lowest BCUT2D eigenvalue weighted by Crippen LogP contribution is -2.36. The number of rotatable bonds is 8. The van der Waals surface area contributed by atoms with Crippen LogP contribution in [0.15, 0.2) is 67.0 Å². The number of alkyl halides is 3. The Labute approximate surface area is 234 Å². The number of hydrogen-bond acceptors (Lipinski definition) is 5. The number of aromatic nitrogens is 3. The molecule has 1 aliphatic rings. The Morgan fingerprint density at radius 1 is 1.05 bits per heavy atom. The molecule has 41 heavy (non-hydrogen) atoms. The number of amides is 3. The fraction of sp³-hybridized carbons (Fsp3) is 0.310. The Morgan fingerprint density at radius 3 is 2.59 bits per heavy atom. The molecule has 2 unspecified atom stereocenters. The number of hydrogen-bond donors (Lipinski definition) is 3. The van der Waals surface area contributed by atoms with Crippen LogP contribution in [0, 0.1) is 0 Å². The molecule has 0 saturated carbocycles. The molecule has 0 aliphatic carbocycles. The molecule has 9 nitrogen and oxygen atoms in total. The van der Waals surface area contributed by atoms with Gasteiger partial charge in [-0.25, -0.2) is 14.3 Å². The van der Waals surface area contributed by atoms with Gasteiger partial charge in [-0.05, 0) is 49.1 Å². The lowest BCUT2D eigenvalue weighted by Gasteiger charge is -2.15. The number of urea groups is 1. The summed E-state index contributed by atoms with van der Waals surface area (Å²) >= 11 is 0. The Hall–Kier alpha value is -4.45. The maximum atomic E-state index is 12.6. The summed E-state index contributed by atoms with van der Waals surface area (Å²) < 4.78 is 44.3. The highest BCUT2D eigenvalue weighted by atomic mass is 19.4. The second kappa shape index (κ2) is 12.0. The van der Waals surface area contributed by atoms with E-state index in [1.807, 2.05) is 37.3 Å². The number of fused-ring (bicyclic) bond motifs is 1. The average molecular weight is 567 g/mol. The monoisotopic (exact) mass is 566 g/mol. The summed E-state index contributed by atoms with van der Waals surface area (Å²) in [6, 6.07) is 15.3. The summed E-state index contributed by atoms with van der Waals surface area (Å²) in [5.74, 6) is -0.343. The van der Waals surface area contributed by atoms with Crippen molar-refractivity contribution in [3.63, 3.8) is 0 Å². The van der Waals surface area contributed by atoms with Crippen molar-refractivity contribution < 1.29 is 27.5 Å². The minimum atomic E-state index is -4.50. The minimum Gasteiger partial charge on any atom is -0.376 e. The molecule has 3 N–H and O–H groups in total. The molecule has 1 saturated heterocycles. The molecular weight excluding hydrogens is 537 g/mol. The summed E-state index contributed by atoms with van der Waals surface area (Å²) in [6.07, 6.45) is 0.933. The summed E-state index contributed by atoms with van der Waals surface area (Å²) in [5, 5.41) is 11.7. The van der Waals surface area contributed by atoms with Crippen molar-refractivity contribution in [1.29, 1.82) is 0 Å². The van der Waals surface area contributed by atoms with Crippen LogP contribution in [0.3, 0.4) is 0 Å². The summed E-state index contributed by atoms with van der Waals surface area (Å²) in [4.78, 5) is 28.9. The molecule has 0 spiro atoms. The molecule has 5 rings (SSSR count). The molecule has 12 heteroatoms. The van der Waals surface area contributed by atoms with Crippen molar-refractivity contribution in [2.75, 3.05) is 25.0 Å². The topological polar surface area (TPSA) is 110 Å². The normalized spacial score (nSPS) is 16.0. The van der Waals surface area contributed by atoms with Gasteiger partial charge < -0.3 is 20.7 Å². The zero-order chi connectivity index (χ0) is 29.0. The highest BCUT2D eigenvalue weighted by Crippen LogP contribution is 2.27. The van der Waals surface area contributed by atoms with Gasteiger partial charge in [0.05, 0.1) is 30.1 Å². The molecule has 2 aromatic heterocycles. The molecule has 3 amide bonds. The summed E-state index contributed by atoms with van der Waals surface area (Å²) in [6.45, 7) is 1.72. The number of benzene rings is 2. The van der Waals surface area contributed by atoms with E-state index in [2.05, 4.69) is 20.7 Å². The van der Waals surface area contributed by atoms with E-state index in [9.17, 15) is 22.8 Å². The van der Waals surface area contributed by atoms with Gasteiger partial charge in [-0.1, -0.05) is 36.4 Å². The Balaban J connectivity index is 1.26. The molecular formula is C29H29F3N6O3. The number of ether oxygens (including phenoxy) is 1. The quantitative estimate of drug-likeness (QED) is 0.274. The highest BCUT2D eigenvalue weighted by molar-refractivity contribution is 5.90. The molecule has 214 valence electrons. The fourth-order valence-corrected chi connectivity index (χ4v) is 4.63. The number of nitrogens with one attached hydrogen (secondary N) is 3. The van der Waals surface area contributed by atoms with E-state index in [1.165, 1.54) is 0 Å². The van der Waals surface area contributed by atoms with Crippen LogP contribution in [0.25, 0.3) is 28.0 Å². The average Bonchev–Trinajstić information content (AvgIpc) is 3.64. The van der Waals surface area contributed by atoms with Gasteiger partial charge in [0.15, 0.2) is 5.65 Å². The standard InChI is InChI=1S/C29H29F3N6O3/c1-18(27(39)34-15-24-6-3-11-41-24)19-7-9-20(10-8-19)22-13-26-33-16-25(38(26)36-14-22)21-4-2-5-23(12-21)37-28(40)35-17-29(30,31)32/h2,4-5,7-10,12-14,16,18,24H,3,6,11,15,17H2,1H3,(H,34,39)(H2,35,37,40). The predicted molar refractivity (Wildman–Crippen MR) is 147 cm³/mol. The van der Waals surface area contributed by atoms with E-state index in [4.69, 9.17) is 4.74 Å². The zero-order valence-electron chi connectivity index (χ0n) is 22.2. The van der Waals surface area contributed by atoms with Gasteiger partial charge in [0.1, 0.15) is 6.54 Å². The minimum absolute atomic E-state index is 0.0394. The Bertz CT molecular complexity index is 1530. The van der Waals surface area contributed by atoms with Gasteiger partial charge in [0.25, 0.3) is 0 Å². The van der Waals surface area contributed by atoms with Crippen molar-refractivity contribution in [2.24, 2.45) is 0 Å². The van der Waals surface area contributed by atoms with Crippen LogP contribution < -0.4 is 16.0 Å². The first kappa shape index (κ1) is 28.1. The lowest BCUT2D eigenvalue weighted by molar-refractivity contribution is -0.123. The smallest absolute Gasteiger partial charge is 0.376 e. The predicted octanol–water partition coefficient (Wildman–Crippen LogP) is 5.15. The van der Waals surface area contributed by atoms with Crippen molar-refractivity contribution in [3.05, 3.63) is 72.6 Å². The molecule has 0 bridgehead atoms. The number of imidazole rings is 1. The molecule has 3 heterocycles. The zero-order valence-corrected chi connectivity index (χ0v) is 22.2. The van der Waals surface area contributed by atoms with Gasteiger partial charge in [-0.2, -0.15) is 18.3 Å². The van der Waals surface area contributed by atoms with Gasteiger partial charge in [-0.3, -0.25) is 4.79 Å². The fourth-order valence-electron chi connectivity index (χ4n) is 4.63. The van der Waals surface area contributed by atoms with Crippen LogP contribution in [-0.2, 0) is 9.53 Å². The first-order chi connectivity index (χ1) is 19.7. The van der Waals surface area contributed by atoms with E-state index >= 15 is 0 Å². The number of anilines is 1. The second-order valence-electron chi connectivity index (χ2n) is 9.89. The van der Waals surface area contributed by atoms with E-state index < -0.39 is 18.8 Å². The highest BCUT2D eigenvalue weighted by Gasteiger charge is 2.27. The Morgan fingerprint density at radius 2 is 1.85 bits per heavy atom. The van der Waals surface area contributed by atoms with Crippen LogP contribution in [0.4, 0.5) is 23.7 Å². The molecule has 1 fully saturated rings.